The SMILES string of the molecule is CCN(C(=O)COC(=O)CNC(=O)c1cccc(F)c1)c1ccc(F)cc1. The second-order valence-corrected chi connectivity index (χ2v) is 5.47. The van der Waals surface area contributed by atoms with Gasteiger partial charge in [-0.15, -0.1) is 0 Å². The van der Waals surface area contributed by atoms with Crippen LogP contribution in [-0.2, 0) is 14.3 Å². The highest BCUT2D eigenvalue weighted by Gasteiger charge is 2.17. The lowest BCUT2D eigenvalue weighted by Crippen LogP contribution is -2.36. The van der Waals surface area contributed by atoms with Gasteiger partial charge >= 0.3 is 5.97 Å². The fourth-order valence-corrected chi connectivity index (χ4v) is 2.28. The van der Waals surface area contributed by atoms with Crippen LogP contribution < -0.4 is 10.2 Å². The first-order valence-corrected chi connectivity index (χ1v) is 8.16. The van der Waals surface area contributed by atoms with Gasteiger partial charge in [-0.2, -0.15) is 0 Å². The van der Waals surface area contributed by atoms with E-state index in [1.165, 1.54) is 47.4 Å². The first kappa shape index (κ1) is 20.0. The zero-order valence-electron chi connectivity index (χ0n) is 14.6. The molecule has 142 valence electrons. The molecule has 2 rings (SSSR count). The number of nitrogens with zero attached hydrogens (tertiary/aromatic N) is 1. The summed E-state index contributed by atoms with van der Waals surface area (Å²) in [5, 5.41) is 2.28. The summed E-state index contributed by atoms with van der Waals surface area (Å²) in [6.45, 7) is 1.03. The Morgan fingerprint density at radius 3 is 2.37 bits per heavy atom. The van der Waals surface area contributed by atoms with E-state index in [4.69, 9.17) is 4.74 Å². The zero-order chi connectivity index (χ0) is 19.8. The van der Waals surface area contributed by atoms with Crippen molar-refractivity contribution < 1.29 is 27.9 Å². The molecule has 0 unspecified atom stereocenters. The van der Waals surface area contributed by atoms with Crippen molar-refractivity contribution in [3.8, 4) is 0 Å². The van der Waals surface area contributed by atoms with Crippen molar-refractivity contribution in [3.63, 3.8) is 0 Å². The van der Waals surface area contributed by atoms with Crippen molar-refractivity contribution in [1.82, 2.24) is 5.32 Å². The molecule has 0 saturated heterocycles. The third kappa shape index (κ3) is 5.88. The Morgan fingerprint density at radius 1 is 1.04 bits per heavy atom. The van der Waals surface area contributed by atoms with E-state index in [9.17, 15) is 23.2 Å². The number of benzene rings is 2. The molecule has 0 heterocycles. The Hall–Kier alpha value is -3.29. The molecule has 6 nitrogen and oxygen atoms in total. The fourth-order valence-electron chi connectivity index (χ4n) is 2.28. The number of hydrogen-bond donors (Lipinski definition) is 1. The Kier molecular flexibility index (Phi) is 6.99. The standard InChI is InChI=1S/C19H18F2N2O4/c1-2-23(16-8-6-14(20)7-9-16)17(24)12-27-18(25)11-22-19(26)13-4-3-5-15(21)10-13/h3-10H,2,11-12H2,1H3,(H,22,26). The molecule has 27 heavy (non-hydrogen) atoms. The smallest absolute Gasteiger partial charge is 0.325 e. The first-order chi connectivity index (χ1) is 12.9. The molecule has 0 radical (unpaired) electrons. The highest BCUT2D eigenvalue weighted by atomic mass is 19.1. The molecule has 0 aliphatic heterocycles. The van der Waals surface area contributed by atoms with Crippen molar-refractivity contribution in [2.24, 2.45) is 0 Å². The number of halogens is 2. The summed E-state index contributed by atoms with van der Waals surface area (Å²) in [6, 6.07) is 10.3. The number of carbonyl (C=O) groups excluding carboxylic acids is 3. The van der Waals surface area contributed by atoms with Crippen LogP contribution in [0.3, 0.4) is 0 Å². The third-order valence-electron chi connectivity index (χ3n) is 3.59. The summed E-state index contributed by atoms with van der Waals surface area (Å²) in [5.74, 6) is -2.95. The maximum Gasteiger partial charge on any atom is 0.325 e. The van der Waals surface area contributed by atoms with Gasteiger partial charge < -0.3 is 15.0 Å². The van der Waals surface area contributed by atoms with Gasteiger partial charge in [0.05, 0.1) is 0 Å². The predicted molar refractivity (Wildman–Crippen MR) is 94.1 cm³/mol. The van der Waals surface area contributed by atoms with E-state index in [1.807, 2.05) is 0 Å². The second kappa shape index (κ2) is 9.42. The van der Waals surface area contributed by atoms with Crippen LogP contribution >= 0.6 is 0 Å². The summed E-state index contributed by atoms with van der Waals surface area (Å²) in [6.07, 6.45) is 0. The van der Waals surface area contributed by atoms with Gasteiger partial charge in [-0.25, -0.2) is 8.78 Å². The van der Waals surface area contributed by atoms with Crippen LogP contribution in [0, 0.1) is 11.6 Å². The molecule has 0 atom stereocenters. The van der Waals surface area contributed by atoms with E-state index in [1.54, 1.807) is 6.92 Å². The molecule has 0 aliphatic rings. The van der Waals surface area contributed by atoms with Gasteiger partial charge in [0.1, 0.15) is 18.2 Å². The molecule has 0 spiro atoms. The van der Waals surface area contributed by atoms with Crippen molar-refractivity contribution in [1.29, 1.82) is 0 Å². The van der Waals surface area contributed by atoms with Gasteiger partial charge in [-0.3, -0.25) is 14.4 Å². The van der Waals surface area contributed by atoms with Crippen molar-refractivity contribution in [2.75, 3.05) is 24.6 Å². The van der Waals surface area contributed by atoms with Crippen molar-refractivity contribution in [3.05, 3.63) is 65.7 Å². The highest BCUT2D eigenvalue weighted by Crippen LogP contribution is 2.14. The molecule has 1 N–H and O–H groups in total. The van der Waals surface area contributed by atoms with Crippen molar-refractivity contribution in [2.45, 2.75) is 6.92 Å². The maximum atomic E-state index is 13.1. The predicted octanol–water partition coefficient (Wildman–Crippen LogP) is 2.29. The Bertz CT molecular complexity index is 825. The normalized spacial score (nSPS) is 10.2. The van der Waals surface area contributed by atoms with Crippen LogP contribution in [0.4, 0.5) is 14.5 Å². The van der Waals surface area contributed by atoms with E-state index >= 15 is 0 Å². The number of nitrogens with one attached hydrogen (secondary N) is 1. The van der Waals surface area contributed by atoms with Crippen LogP contribution in [0.1, 0.15) is 17.3 Å². The summed E-state index contributed by atoms with van der Waals surface area (Å²) in [7, 11) is 0. The average Bonchev–Trinajstić information content (AvgIpc) is 2.66. The molecular formula is C19H18F2N2O4. The average molecular weight is 376 g/mol. The Balaban J connectivity index is 1.82. The molecule has 2 aromatic rings. The third-order valence-corrected chi connectivity index (χ3v) is 3.59. The summed E-state index contributed by atoms with van der Waals surface area (Å²) < 4.78 is 30.9. The topological polar surface area (TPSA) is 75.7 Å². The lowest BCUT2D eigenvalue weighted by atomic mass is 10.2. The largest absolute Gasteiger partial charge is 0.454 e. The zero-order valence-corrected chi connectivity index (χ0v) is 14.6. The Labute approximate surface area is 154 Å². The molecule has 0 aliphatic carbocycles. The summed E-state index contributed by atoms with van der Waals surface area (Å²) in [4.78, 5) is 37.0. The van der Waals surface area contributed by atoms with E-state index in [0.717, 1.165) is 6.07 Å². The molecule has 0 aromatic heterocycles. The molecular weight excluding hydrogens is 358 g/mol. The minimum absolute atomic E-state index is 0.0624. The van der Waals surface area contributed by atoms with E-state index in [0.29, 0.717) is 12.2 Å². The van der Waals surface area contributed by atoms with E-state index in [-0.39, 0.29) is 5.56 Å². The van der Waals surface area contributed by atoms with Gasteiger partial charge in [0.15, 0.2) is 6.61 Å². The number of ether oxygens (including phenoxy) is 1. The monoisotopic (exact) mass is 376 g/mol. The number of carbonyl (C=O) groups is 3. The number of rotatable bonds is 7. The number of likely N-dealkylation sites (N-methyl/N-ethyl adjacent to an activating group) is 1. The Morgan fingerprint density at radius 2 is 1.74 bits per heavy atom. The lowest BCUT2D eigenvalue weighted by molar-refractivity contribution is -0.146. The summed E-state index contributed by atoms with van der Waals surface area (Å²) in [5.41, 5.74) is 0.534. The van der Waals surface area contributed by atoms with Crippen LogP contribution in [0.25, 0.3) is 0 Å². The summed E-state index contributed by atoms with van der Waals surface area (Å²) >= 11 is 0. The van der Waals surface area contributed by atoms with E-state index < -0.39 is 42.6 Å². The van der Waals surface area contributed by atoms with Crippen LogP contribution in [-0.4, -0.2) is 37.5 Å². The minimum Gasteiger partial charge on any atom is -0.454 e. The van der Waals surface area contributed by atoms with Crippen molar-refractivity contribution >= 4 is 23.5 Å². The number of amides is 2. The first-order valence-electron chi connectivity index (χ1n) is 8.16. The van der Waals surface area contributed by atoms with E-state index in [2.05, 4.69) is 5.32 Å². The molecule has 2 aromatic carbocycles. The quantitative estimate of drug-likeness (QED) is 0.753. The minimum atomic E-state index is -0.816. The molecule has 2 amide bonds. The maximum absolute atomic E-state index is 13.1. The number of anilines is 1. The lowest BCUT2D eigenvalue weighted by Gasteiger charge is -2.20. The highest BCUT2D eigenvalue weighted by molar-refractivity contribution is 5.97. The van der Waals surface area contributed by atoms with Crippen LogP contribution in [0.15, 0.2) is 48.5 Å². The number of hydrogen-bond acceptors (Lipinski definition) is 4. The second-order valence-electron chi connectivity index (χ2n) is 5.47. The van der Waals surface area contributed by atoms with Gasteiger partial charge in [0.25, 0.3) is 11.8 Å². The molecule has 8 heteroatoms. The van der Waals surface area contributed by atoms with Crippen LogP contribution in [0.5, 0.6) is 0 Å². The molecule has 0 saturated carbocycles. The van der Waals surface area contributed by atoms with Gasteiger partial charge in [0, 0.05) is 17.8 Å². The van der Waals surface area contributed by atoms with Gasteiger partial charge in [-0.05, 0) is 49.4 Å². The molecule has 0 bridgehead atoms. The molecule has 0 fully saturated rings. The van der Waals surface area contributed by atoms with Gasteiger partial charge in [-0.1, -0.05) is 6.07 Å². The van der Waals surface area contributed by atoms with Crippen LogP contribution in [0.2, 0.25) is 0 Å². The number of esters is 1. The van der Waals surface area contributed by atoms with Gasteiger partial charge in [0.2, 0.25) is 0 Å². The fraction of sp³-hybridized carbons (Fsp3) is 0.211.